The Hall–Kier alpha value is -1.92. The molecule has 1 N–H and O–H groups in total. The van der Waals surface area contributed by atoms with E-state index in [-0.39, 0.29) is 16.2 Å². The molecule has 0 aliphatic heterocycles. The summed E-state index contributed by atoms with van der Waals surface area (Å²) in [6.45, 7) is 1.98. The molecular weight excluding hydrogens is 290 g/mol. The van der Waals surface area contributed by atoms with E-state index < -0.39 is 10.1 Å². The highest BCUT2D eigenvalue weighted by Gasteiger charge is 2.12. The van der Waals surface area contributed by atoms with Gasteiger partial charge in [0.1, 0.15) is 10.1 Å². The molecule has 0 heterocycles. The summed E-state index contributed by atoms with van der Waals surface area (Å²) in [5, 5.41) is 3.55. The minimum Gasteiger partial charge on any atom is -0.744 e. The summed E-state index contributed by atoms with van der Waals surface area (Å²) in [6, 6.07) is 9.47. The molecular formula is C15H16NO4S-. The highest BCUT2D eigenvalue weighted by molar-refractivity contribution is 7.86. The molecule has 0 saturated carbocycles. The van der Waals surface area contributed by atoms with Crippen molar-refractivity contribution in [1.29, 1.82) is 0 Å². The van der Waals surface area contributed by atoms with Gasteiger partial charge in [0, 0.05) is 17.5 Å². The van der Waals surface area contributed by atoms with E-state index in [1.807, 2.05) is 6.92 Å². The van der Waals surface area contributed by atoms with Crippen LogP contribution in [0.25, 0.3) is 10.8 Å². The summed E-state index contributed by atoms with van der Waals surface area (Å²) in [7, 11) is -4.61. The van der Waals surface area contributed by atoms with Gasteiger partial charge in [-0.2, -0.15) is 0 Å². The number of amides is 1. The molecule has 0 aliphatic rings. The van der Waals surface area contributed by atoms with Gasteiger partial charge in [0.15, 0.2) is 0 Å². The van der Waals surface area contributed by atoms with E-state index in [0.29, 0.717) is 17.5 Å². The molecule has 1 amide bonds. The van der Waals surface area contributed by atoms with Gasteiger partial charge in [0.25, 0.3) is 0 Å². The Morgan fingerprint density at radius 3 is 2.48 bits per heavy atom. The van der Waals surface area contributed by atoms with E-state index in [0.717, 1.165) is 12.8 Å². The van der Waals surface area contributed by atoms with Crippen molar-refractivity contribution in [3.05, 3.63) is 36.4 Å². The average molecular weight is 306 g/mol. The molecule has 0 fully saturated rings. The number of hydrogen-bond acceptors (Lipinski definition) is 4. The van der Waals surface area contributed by atoms with Gasteiger partial charge in [-0.1, -0.05) is 37.6 Å². The Bertz CT molecular complexity index is 763. The SMILES string of the molecule is CCCCC(=O)Nc1cccc2cccc(S(=O)(=O)[O-])c12. The highest BCUT2D eigenvalue weighted by atomic mass is 32.2. The summed E-state index contributed by atoms with van der Waals surface area (Å²) in [4.78, 5) is 11.5. The standard InChI is InChI=1S/C15H17NO4S/c1-2-3-10-14(17)16-12-8-4-6-11-7-5-9-13(15(11)12)21(18,19)20/h4-9H,2-3,10H2,1H3,(H,16,17)(H,18,19,20)/p-1. The van der Waals surface area contributed by atoms with Crippen LogP contribution in [-0.4, -0.2) is 18.9 Å². The summed E-state index contributed by atoms with van der Waals surface area (Å²) >= 11 is 0. The third-order valence-electron chi connectivity index (χ3n) is 3.17. The highest BCUT2D eigenvalue weighted by Crippen LogP contribution is 2.30. The van der Waals surface area contributed by atoms with E-state index in [9.17, 15) is 17.8 Å². The second kappa shape index (κ2) is 6.24. The lowest BCUT2D eigenvalue weighted by atomic mass is 10.1. The molecule has 0 aliphatic carbocycles. The lowest BCUT2D eigenvalue weighted by Gasteiger charge is -2.14. The zero-order valence-electron chi connectivity index (χ0n) is 11.6. The van der Waals surface area contributed by atoms with E-state index >= 15 is 0 Å². The molecule has 112 valence electrons. The van der Waals surface area contributed by atoms with E-state index in [1.165, 1.54) is 12.1 Å². The quantitative estimate of drug-likeness (QED) is 0.860. The van der Waals surface area contributed by atoms with Crippen LogP contribution >= 0.6 is 0 Å². The fraction of sp³-hybridized carbons (Fsp3) is 0.267. The van der Waals surface area contributed by atoms with E-state index in [2.05, 4.69) is 5.32 Å². The van der Waals surface area contributed by atoms with Crippen molar-refractivity contribution in [3.63, 3.8) is 0 Å². The molecule has 21 heavy (non-hydrogen) atoms. The Labute approximate surface area is 123 Å². The van der Waals surface area contributed by atoms with E-state index in [1.54, 1.807) is 24.3 Å². The predicted octanol–water partition coefficient (Wildman–Crippen LogP) is 2.87. The van der Waals surface area contributed by atoms with Crippen LogP contribution < -0.4 is 5.32 Å². The number of carbonyl (C=O) groups excluding carboxylic acids is 1. The third-order valence-corrected chi connectivity index (χ3v) is 4.05. The predicted molar refractivity (Wildman–Crippen MR) is 80.1 cm³/mol. The fourth-order valence-corrected chi connectivity index (χ4v) is 2.89. The second-order valence-corrected chi connectivity index (χ2v) is 6.11. The lowest BCUT2D eigenvalue weighted by molar-refractivity contribution is -0.116. The van der Waals surface area contributed by atoms with Crippen LogP contribution in [0.4, 0.5) is 5.69 Å². The molecule has 0 spiro atoms. The number of rotatable bonds is 5. The zero-order chi connectivity index (χ0) is 15.5. The molecule has 2 aromatic rings. The van der Waals surface area contributed by atoms with Crippen molar-refractivity contribution in [2.24, 2.45) is 0 Å². The topological polar surface area (TPSA) is 86.3 Å². The number of anilines is 1. The van der Waals surface area contributed by atoms with Crippen LogP contribution in [0.15, 0.2) is 41.3 Å². The maximum Gasteiger partial charge on any atom is 0.224 e. The van der Waals surface area contributed by atoms with Crippen molar-refractivity contribution in [2.75, 3.05) is 5.32 Å². The summed E-state index contributed by atoms with van der Waals surface area (Å²) < 4.78 is 34.2. The maximum absolute atomic E-state index is 11.8. The average Bonchev–Trinajstić information content (AvgIpc) is 2.44. The number of carbonyl (C=O) groups is 1. The zero-order valence-corrected chi connectivity index (χ0v) is 12.4. The lowest BCUT2D eigenvalue weighted by Crippen LogP contribution is -2.12. The molecule has 0 atom stereocenters. The first-order chi connectivity index (χ1) is 9.93. The van der Waals surface area contributed by atoms with Crippen molar-refractivity contribution in [3.8, 4) is 0 Å². The minimum atomic E-state index is -4.61. The first-order valence-corrected chi connectivity index (χ1v) is 8.12. The van der Waals surface area contributed by atoms with Crippen LogP contribution in [0.2, 0.25) is 0 Å². The van der Waals surface area contributed by atoms with Crippen LogP contribution in [0, 0.1) is 0 Å². The van der Waals surface area contributed by atoms with Crippen LogP contribution in [0.5, 0.6) is 0 Å². The molecule has 5 nitrogen and oxygen atoms in total. The van der Waals surface area contributed by atoms with Gasteiger partial charge in [-0.3, -0.25) is 4.79 Å². The molecule has 0 bridgehead atoms. The van der Waals surface area contributed by atoms with Gasteiger partial charge in [-0.25, -0.2) is 8.42 Å². The van der Waals surface area contributed by atoms with Gasteiger partial charge >= 0.3 is 0 Å². The van der Waals surface area contributed by atoms with Crippen LogP contribution in [0.3, 0.4) is 0 Å². The molecule has 2 rings (SSSR count). The smallest absolute Gasteiger partial charge is 0.224 e. The van der Waals surface area contributed by atoms with Gasteiger partial charge in [0.2, 0.25) is 5.91 Å². The second-order valence-electron chi connectivity index (χ2n) is 4.77. The normalized spacial score (nSPS) is 11.5. The number of benzene rings is 2. The Morgan fingerprint density at radius 2 is 1.86 bits per heavy atom. The number of unbranched alkanes of at least 4 members (excludes halogenated alkanes) is 1. The van der Waals surface area contributed by atoms with Gasteiger partial charge in [0.05, 0.1) is 4.90 Å². The Morgan fingerprint density at radius 1 is 1.19 bits per heavy atom. The molecule has 0 radical (unpaired) electrons. The number of hydrogen-bond donors (Lipinski definition) is 1. The van der Waals surface area contributed by atoms with Gasteiger partial charge in [-0.05, 0) is 23.9 Å². The van der Waals surface area contributed by atoms with Crippen molar-refractivity contribution >= 4 is 32.5 Å². The van der Waals surface area contributed by atoms with Crippen molar-refractivity contribution in [2.45, 2.75) is 31.1 Å². The summed E-state index contributed by atoms with van der Waals surface area (Å²) in [5.41, 5.74) is 0.351. The largest absolute Gasteiger partial charge is 0.744 e. The molecule has 0 unspecified atom stereocenters. The first-order valence-electron chi connectivity index (χ1n) is 6.71. The number of fused-ring (bicyclic) bond motifs is 1. The molecule has 0 aromatic heterocycles. The summed E-state index contributed by atoms with van der Waals surface area (Å²) in [6.07, 6.45) is 2.01. The van der Waals surface area contributed by atoms with Gasteiger partial charge < -0.3 is 9.87 Å². The van der Waals surface area contributed by atoms with Gasteiger partial charge in [-0.15, -0.1) is 0 Å². The van der Waals surface area contributed by atoms with Crippen LogP contribution in [-0.2, 0) is 14.9 Å². The summed E-state index contributed by atoms with van der Waals surface area (Å²) in [5.74, 6) is -0.192. The Balaban J connectivity index is 2.52. The molecule has 0 saturated heterocycles. The third kappa shape index (κ3) is 3.59. The maximum atomic E-state index is 11.8. The monoisotopic (exact) mass is 306 g/mol. The number of nitrogens with one attached hydrogen (secondary N) is 1. The van der Waals surface area contributed by atoms with Crippen LogP contribution in [0.1, 0.15) is 26.2 Å². The van der Waals surface area contributed by atoms with Crippen molar-refractivity contribution in [1.82, 2.24) is 0 Å². The first kappa shape index (κ1) is 15.5. The molecule has 6 heteroatoms. The minimum absolute atomic E-state index is 0.192. The Kier molecular flexibility index (Phi) is 4.59. The van der Waals surface area contributed by atoms with Crippen molar-refractivity contribution < 1.29 is 17.8 Å². The van der Waals surface area contributed by atoms with E-state index in [4.69, 9.17) is 0 Å². The fourth-order valence-electron chi connectivity index (χ4n) is 2.17. The molecule has 2 aromatic carbocycles.